The number of rotatable bonds is 7. The Bertz CT molecular complexity index is 345. The highest BCUT2D eigenvalue weighted by molar-refractivity contribution is 7.97. The maximum atomic E-state index is 13.0. The van der Waals surface area contributed by atoms with Crippen molar-refractivity contribution >= 4 is 11.9 Å². The smallest absolute Gasteiger partial charge is 0.248 e. The zero-order chi connectivity index (χ0) is 19.0. The van der Waals surface area contributed by atoms with Gasteiger partial charge in [-0.1, -0.05) is 90.3 Å². The summed E-state index contributed by atoms with van der Waals surface area (Å²) >= 11 is 1.17. The van der Waals surface area contributed by atoms with E-state index in [4.69, 9.17) is 0 Å². The fourth-order valence-electron chi connectivity index (χ4n) is 2.35. The van der Waals surface area contributed by atoms with Gasteiger partial charge in [-0.2, -0.15) is 13.2 Å². The number of alkyl halides is 3. The Morgan fingerprint density at radius 2 is 1.67 bits per heavy atom. The maximum absolute atomic E-state index is 13.0. The largest absolute Gasteiger partial charge is 0.408 e. The van der Waals surface area contributed by atoms with Crippen LogP contribution in [0.15, 0.2) is 37.0 Å². The first-order valence-electron chi connectivity index (χ1n) is 8.88. The summed E-state index contributed by atoms with van der Waals surface area (Å²) in [4.78, 5) is 0. The van der Waals surface area contributed by atoms with Gasteiger partial charge in [0.05, 0.1) is 0 Å². The van der Waals surface area contributed by atoms with Gasteiger partial charge in [0, 0.05) is 5.75 Å². The first kappa shape index (κ1) is 25.6. The van der Waals surface area contributed by atoms with E-state index < -0.39 is 12.2 Å². The summed E-state index contributed by atoms with van der Waals surface area (Å²) in [6.45, 7) is 14.9. The number of halogens is 3. The van der Waals surface area contributed by atoms with Gasteiger partial charge in [0.25, 0.3) is 0 Å². The first-order valence-corrected chi connectivity index (χ1v) is 9.86. The Hall–Kier alpha value is -0.680. The van der Waals surface area contributed by atoms with Gasteiger partial charge in [-0.15, -0.1) is 0 Å². The third-order valence-corrected chi connectivity index (χ3v) is 4.49. The number of nitrogens with one attached hydrogen (secondary N) is 1. The first-order chi connectivity index (χ1) is 11.5. The van der Waals surface area contributed by atoms with Gasteiger partial charge in [-0.25, -0.2) is 4.72 Å². The van der Waals surface area contributed by atoms with E-state index in [1.54, 1.807) is 0 Å². The zero-order valence-electron chi connectivity index (χ0n) is 15.6. The fourth-order valence-corrected chi connectivity index (χ4v) is 3.45. The molecular weight excluding hydrogens is 331 g/mol. The Morgan fingerprint density at radius 3 is 2.08 bits per heavy atom. The highest BCUT2D eigenvalue weighted by atomic mass is 32.2. The second kappa shape index (κ2) is 15.8. The van der Waals surface area contributed by atoms with Crippen LogP contribution in [0.2, 0.25) is 0 Å². The molecular formula is C19H34F3NS. The molecule has 1 saturated carbocycles. The molecule has 0 aromatic heterocycles. The molecule has 1 atom stereocenters. The predicted octanol–water partition coefficient (Wildman–Crippen LogP) is 7.09. The normalized spacial score (nSPS) is 16.9. The highest BCUT2D eigenvalue weighted by Gasteiger charge is 2.41. The Balaban J connectivity index is 0. The number of hydrogen-bond donors (Lipinski definition) is 1. The van der Waals surface area contributed by atoms with Crippen LogP contribution in [0.4, 0.5) is 13.2 Å². The van der Waals surface area contributed by atoms with Gasteiger partial charge in [-0.3, -0.25) is 0 Å². The Morgan fingerprint density at radius 1 is 1.12 bits per heavy atom. The molecule has 24 heavy (non-hydrogen) atoms. The summed E-state index contributed by atoms with van der Waals surface area (Å²) in [7, 11) is 0. The predicted molar refractivity (Wildman–Crippen MR) is 103 cm³/mol. The lowest BCUT2D eigenvalue weighted by molar-refractivity contribution is -0.141. The molecule has 0 saturated heterocycles. The van der Waals surface area contributed by atoms with E-state index >= 15 is 0 Å². The Kier molecular flexibility index (Phi) is 16.9. The third-order valence-electron chi connectivity index (χ3n) is 3.45. The van der Waals surface area contributed by atoms with Crippen LogP contribution < -0.4 is 4.72 Å². The summed E-state index contributed by atoms with van der Waals surface area (Å²) in [5.41, 5.74) is 0.101. The van der Waals surface area contributed by atoms with Gasteiger partial charge in [0.1, 0.15) is 6.04 Å². The molecule has 5 heteroatoms. The molecule has 1 aliphatic carbocycles. The number of allylic oxidation sites excluding steroid dienone is 2. The summed E-state index contributed by atoms with van der Waals surface area (Å²) in [5.74, 6) is 1.26. The monoisotopic (exact) mass is 365 g/mol. The average Bonchev–Trinajstić information content (AvgIpc) is 2.60. The van der Waals surface area contributed by atoms with Crippen LogP contribution in [-0.4, -0.2) is 18.0 Å². The molecule has 1 fully saturated rings. The molecule has 0 aromatic rings. The van der Waals surface area contributed by atoms with Crippen LogP contribution in [-0.2, 0) is 0 Å². The van der Waals surface area contributed by atoms with E-state index in [9.17, 15) is 13.2 Å². The SMILES string of the molecule is C=C/C=C(\C=C)C(NSCC1CCCCC1)C(F)(F)F.CC.CC. The second-order valence-electron chi connectivity index (χ2n) is 5.01. The number of hydrogen-bond acceptors (Lipinski definition) is 2. The van der Waals surface area contributed by atoms with E-state index in [1.165, 1.54) is 49.4 Å². The van der Waals surface area contributed by atoms with Gasteiger partial charge in [-0.05, 0) is 24.3 Å². The van der Waals surface area contributed by atoms with E-state index in [0.29, 0.717) is 5.92 Å². The summed E-state index contributed by atoms with van der Waals surface area (Å²) in [5, 5.41) is 0. The molecule has 0 bridgehead atoms. The fraction of sp³-hybridized carbons (Fsp3) is 0.684. The molecule has 1 N–H and O–H groups in total. The van der Waals surface area contributed by atoms with Crippen molar-refractivity contribution in [1.29, 1.82) is 0 Å². The summed E-state index contributed by atoms with van der Waals surface area (Å²) < 4.78 is 41.7. The molecule has 1 aliphatic rings. The molecule has 0 aromatic carbocycles. The van der Waals surface area contributed by atoms with Crippen molar-refractivity contribution in [2.75, 3.05) is 5.75 Å². The summed E-state index contributed by atoms with van der Waals surface area (Å²) in [6, 6.07) is -1.69. The van der Waals surface area contributed by atoms with E-state index in [-0.39, 0.29) is 5.57 Å². The van der Waals surface area contributed by atoms with Crippen LogP contribution in [0, 0.1) is 5.92 Å². The lowest BCUT2D eigenvalue weighted by Crippen LogP contribution is -2.40. The third kappa shape index (κ3) is 11.0. The van der Waals surface area contributed by atoms with E-state index in [2.05, 4.69) is 17.9 Å². The van der Waals surface area contributed by atoms with Crippen molar-refractivity contribution in [1.82, 2.24) is 4.72 Å². The van der Waals surface area contributed by atoms with Crippen LogP contribution >= 0.6 is 11.9 Å². The van der Waals surface area contributed by atoms with Crippen LogP contribution in [0.25, 0.3) is 0 Å². The van der Waals surface area contributed by atoms with Crippen LogP contribution in [0.1, 0.15) is 59.8 Å². The van der Waals surface area contributed by atoms with Gasteiger partial charge in [0.2, 0.25) is 0 Å². The minimum Gasteiger partial charge on any atom is -0.248 e. The Labute approximate surface area is 151 Å². The minimum atomic E-state index is -4.33. The van der Waals surface area contributed by atoms with E-state index in [1.807, 2.05) is 27.7 Å². The van der Waals surface area contributed by atoms with E-state index in [0.717, 1.165) is 18.6 Å². The molecule has 142 valence electrons. The molecule has 0 aliphatic heterocycles. The second-order valence-corrected chi connectivity index (χ2v) is 5.87. The molecule has 1 unspecified atom stereocenters. The van der Waals surface area contributed by atoms with Gasteiger partial charge in [0.15, 0.2) is 0 Å². The molecule has 1 rings (SSSR count). The van der Waals surface area contributed by atoms with Crippen molar-refractivity contribution in [2.45, 2.75) is 72.0 Å². The quantitative estimate of drug-likeness (QED) is 0.382. The molecule has 0 heterocycles. The minimum absolute atomic E-state index is 0.101. The van der Waals surface area contributed by atoms with Crippen molar-refractivity contribution in [3.05, 3.63) is 37.0 Å². The van der Waals surface area contributed by atoms with Gasteiger partial charge < -0.3 is 0 Å². The van der Waals surface area contributed by atoms with Crippen molar-refractivity contribution in [2.24, 2.45) is 5.92 Å². The lowest BCUT2D eigenvalue weighted by Gasteiger charge is -2.25. The van der Waals surface area contributed by atoms with Gasteiger partial charge >= 0.3 is 6.18 Å². The van der Waals surface area contributed by atoms with Crippen molar-refractivity contribution in [3.8, 4) is 0 Å². The molecule has 0 amide bonds. The maximum Gasteiger partial charge on any atom is 0.408 e. The lowest BCUT2D eigenvalue weighted by atomic mass is 9.91. The topological polar surface area (TPSA) is 12.0 Å². The van der Waals surface area contributed by atoms with Crippen molar-refractivity contribution < 1.29 is 13.2 Å². The highest BCUT2D eigenvalue weighted by Crippen LogP contribution is 2.30. The molecule has 0 radical (unpaired) electrons. The van der Waals surface area contributed by atoms with Crippen molar-refractivity contribution in [3.63, 3.8) is 0 Å². The zero-order valence-corrected chi connectivity index (χ0v) is 16.4. The summed E-state index contributed by atoms with van der Waals surface area (Å²) in [6.07, 6.45) is 5.50. The molecule has 1 nitrogen and oxygen atoms in total. The standard InChI is InChI=1S/C15H22F3NS.2C2H6/c1-3-8-13(4-2)14(15(16,17)18)19-20-11-12-9-6-5-7-10-12;2*1-2/h3-4,8,12,14,19H,1-2,5-7,9-11H2;2*1-2H3/b13-8+;;. The van der Waals surface area contributed by atoms with Crippen LogP contribution in [0.5, 0.6) is 0 Å². The average molecular weight is 366 g/mol. The van der Waals surface area contributed by atoms with Crippen LogP contribution in [0.3, 0.4) is 0 Å². The molecule has 0 spiro atoms.